The molecule has 2 aromatic rings. The molecule has 6 heteroatoms. The number of halogens is 2. The summed E-state index contributed by atoms with van der Waals surface area (Å²) in [5, 5.41) is 2.74. The van der Waals surface area contributed by atoms with Crippen LogP contribution in [0.1, 0.15) is 48.7 Å². The van der Waals surface area contributed by atoms with Crippen LogP contribution in [0.15, 0.2) is 42.5 Å². The molecule has 0 aromatic heterocycles. The fourth-order valence-electron chi connectivity index (χ4n) is 2.39. The maximum Gasteiger partial charge on any atom is 0.220 e. The molecule has 0 spiro atoms. The average Bonchev–Trinajstić information content (AvgIpc) is 2.61. The zero-order valence-corrected chi connectivity index (χ0v) is 14.7. The highest BCUT2D eigenvalue weighted by Crippen LogP contribution is 2.16. The van der Waals surface area contributed by atoms with E-state index in [0.717, 1.165) is 12.1 Å². The van der Waals surface area contributed by atoms with Gasteiger partial charge in [0, 0.05) is 12.0 Å². The summed E-state index contributed by atoms with van der Waals surface area (Å²) in [4.78, 5) is 23.1. The molecule has 0 fully saturated rings. The number of carbonyl (C=O) groups is 2. The SMILES string of the molecule is CC(=O)c1ccc(OCCCC(=O)NC(C)c2ccc(F)c(F)c2)cc1. The van der Waals surface area contributed by atoms with Crippen molar-refractivity contribution >= 4 is 11.7 Å². The molecule has 1 unspecified atom stereocenters. The Balaban J connectivity index is 1.72. The van der Waals surface area contributed by atoms with Gasteiger partial charge in [-0.2, -0.15) is 0 Å². The minimum Gasteiger partial charge on any atom is -0.494 e. The van der Waals surface area contributed by atoms with Gasteiger partial charge >= 0.3 is 0 Å². The summed E-state index contributed by atoms with van der Waals surface area (Å²) in [7, 11) is 0. The smallest absolute Gasteiger partial charge is 0.220 e. The first-order valence-corrected chi connectivity index (χ1v) is 8.35. The monoisotopic (exact) mass is 361 g/mol. The lowest BCUT2D eigenvalue weighted by atomic mass is 10.1. The summed E-state index contributed by atoms with van der Waals surface area (Å²) < 4.78 is 31.7. The van der Waals surface area contributed by atoms with Crippen LogP contribution in [0.4, 0.5) is 8.78 Å². The molecule has 1 amide bonds. The Labute approximate surface area is 151 Å². The lowest BCUT2D eigenvalue weighted by Crippen LogP contribution is -2.26. The quantitative estimate of drug-likeness (QED) is 0.566. The molecule has 0 aliphatic rings. The number of ether oxygens (including phenoxy) is 1. The van der Waals surface area contributed by atoms with Gasteiger partial charge in [-0.25, -0.2) is 8.78 Å². The first-order valence-electron chi connectivity index (χ1n) is 8.35. The third-order valence-corrected chi connectivity index (χ3v) is 3.90. The summed E-state index contributed by atoms with van der Waals surface area (Å²) in [5.74, 6) is -1.43. The second kappa shape index (κ2) is 9.08. The topological polar surface area (TPSA) is 55.4 Å². The predicted octanol–water partition coefficient (Wildman–Crippen LogP) is 4.20. The van der Waals surface area contributed by atoms with Gasteiger partial charge in [-0.05, 0) is 62.2 Å². The van der Waals surface area contributed by atoms with Crippen molar-refractivity contribution in [3.8, 4) is 5.75 Å². The number of nitrogens with one attached hydrogen (secondary N) is 1. The zero-order valence-electron chi connectivity index (χ0n) is 14.7. The molecular weight excluding hydrogens is 340 g/mol. The molecule has 0 aliphatic heterocycles. The van der Waals surface area contributed by atoms with Crippen LogP contribution in [-0.2, 0) is 4.79 Å². The van der Waals surface area contributed by atoms with Crippen LogP contribution in [0.3, 0.4) is 0 Å². The highest BCUT2D eigenvalue weighted by atomic mass is 19.2. The van der Waals surface area contributed by atoms with E-state index in [1.165, 1.54) is 13.0 Å². The number of benzene rings is 2. The maximum absolute atomic E-state index is 13.2. The fraction of sp³-hybridized carbons (Fsp3) is 0.300. The second-order valence-corrected chi connectivity index (χ2v) is 6.00. The molecular formula is C20H21F2NO3. The Hall–Kier alpha value is -2.76. The lowest BCUT2D eigenvalue weighted by molar-refractivity contribution is -0.121. The summed E-state index contributed by atoms with van der Waals surface area (Å²) in [6.07, 6.45) is 0.754. The molecule has 1 atom stereocenters. The van der Waals surface area contributed by atoms with Crippen molar-refractivity contribution in [1.29, 1.82) is 0 Å². The Morgan fingerprint density at radius 3 is 2.38 bits per heavy atom. The van der Waals surface area contributed by atoms with Crippen LogP contribution in [0.25, 0.3) is 0 Å². The molecule has 26 heavy (non-hydrogen) atoms. The molecule has 0 heterocycles. The number of hydrogen-bond donors (Lipinski definition) is 1. The molecule has 0 saturated carbocycles. The van der Waals surface area contributed by atoms with Crippen molar-refractivity contribution < 1.29 is 23.1 Å². The summed E-state index contributed by atoms with van der Waals surface area (Å²) in [6.45, 7) is 3.56. The average molecular weight is 361 g/mol. The van der Waals surface area contributed by atoms with Crippen molar-refractivity contribution in [3.63, 3.8) is 0 Å². The minimum atomic E-state index is -0.937. The Kier molecular flexibility index (Phi) is 6.83. The Bertz CT molecular complexity index is 775. The normalized spacial score (nSPS) is 11.7. The van der Waals surface area contributed by atoms with E-state index < -0.39 is 17.7 Å². The summed E-state index contributed by atoms with van der Waals surface area (Å²) in [6, 6.07) is 9.94. The molecule has 0 aliphatic carbocycles. The van der Waals surface area contributed by atoms with E-state index >= 15 is 0 Å². The van der Waals surface area contributed by atoms with Gasteiger partial charge in [0.2, 0.25) is 5.91 Å². The van der Waals surface area contributed by atoms with Gasteiger partial charge in [-0.1, -0.05) is 6.07 Å². The first kappa shape index (κ1) is 19.6. The van der Waals surface area contributed by atoms with Crippen LogP contribution < -0.4 is 10.1 Å². The van der Waals surface area contributed by atoms with Crippen molar-refractivity contribution in [1.82, 2.24) is 5.32 Å². The van der Waals surface area contributed by atoms with E-state index in [0.29, 0.717) is 29.9 Å². The van der Waals surface area contributed by atoms with Gasteiger partial charge in [-0.3, -0.25) is 9.59 Å². The first-order chi connectivity index (χ1) is 12.4. The van der Waals surface area contributed by atoms with Gasteiger partial charge < -0.3 is 10.1 Å². The minimum absolute atomic E-state index is 0.0108. The maximum atomic E-state index is 13.2. The van der Waals surface area contributed by atoms with Gasteiger partial charge in [0.25, 0.3) is 0 Å². The number of ketones is 1. The number of amides is 1. The molecule has 1 N–H and O–H groups in total. The number of rotatable bonds is 8. The summed E-state index contributed by atoms with van der Waals surface area (Å²) >= 11 is 0. The third kappa shape index (κ3) is 5.65. The molecule has 0 radical (unpaired) electrons. The van der Waals surface area contributed by atoms with Gasteiger partial charge in [0.05, 0.1) is 12.6 Å². The highest BCUT2D eigenvalue weighted by molar-refractivity contribution is 5.94. The Morgan fingerprint density at radius 1 is 1.08 bits per heavy atom. The Morgan fingerprint density at radius 2 is 1.77 bits per heavy atom. The van der Waals surface area contributed by atoms with E-state index in [2.05, 4.69) is 5.32 Å². The third-order valence-electron chi connectivity index (χ3n) is 3.90. The van der Waals surface area contributed by atoms with Gasteiger partial charge in [0.1, 0.15) is 5.75 Å². The zero-order chi connectivity index (χ0) is 19.1. The van der Waals surface area contributed by atoms with Crippen LogP contribution >= 0.6 is 0 Å². The highest BCUT2D eigenvalue weighted by Gasteiger charge is 2.12. The number of hydrogen-bond acceptors (Lipinski definition) is 3. The van der Waals surface area contributed by atoms with E-state index in [4.69, 9.17) is 4.74 Å². The number of carbonyl (C=O) groups excluding carboxylic acids is 2. The molecule has 4 nitrogen and oxygen atoms in total. The molecule has 0 saturated heterocycles. The summed E-state index contributed by atoms with van der Waals surface area (Å²) in [5.41, 5.74) is 1.11. The van der Waals surface area contributed by atoms with Gasteiger partial charge in [-0.15, -0.1) is 0 Å². The van der Waals surface area contributed by atoms with E-state index in [9.17, 15) is 18.4 Å². The molecule has 2 rings (SSSR count). The van der Waals surface area contributed by atoms with E-state index in [-0.39, 0.29) is 18.1 Å². The standard InChI is InChI=1S/C20H21F2NO3/c1-13(16-7-10-18(21)19(22)12-16)23-20(25)4-3-11-26-17-8-5-15(6-9-17)14(2)24/h5-10,12-13H,3-4,11H2,1-2H3,(H,23,25). The van der Waals surface area contributed by atoms with Crippen molar-refractivity contribution in [2.45, 2.75) is 32.7 Å². The van der Waals surface area contributed by atoms with Crippen LogP contribution in [0.5, 0.6) is 5.75 Å². The van der Waals surface area contributed by atoms with E-state index in [1.807, 2.05) is 0 Å². The molecule has 138 valence electrons. The predicted molar refractivity (Wildman–Crippen MR) is 94.1 cm³/mol. The second-order valence-electron chi connectivity index (χ2n) is 6.00. The fourth-order valence-corrected chi connectivity index (χ4v) is 2.39. The van der Waals surface area contributed by atoms with Crippen molar-refractivity contribution in [2.24, 2.45) is 0 Å². The van der Waals surface area contributed by atoms with Crippen LogP contribution in [0.2, 0.25) is 0 Å². The van der Waals surface area contributed by atoms with Crippen molar-refractivity contribution in [2.75, 3.05) is 6.61 Å². The van der Waals surface area contributed by atoms with Crippen LogP contribution in [-0.4, -0.2) is 18.3 Å². The van der Waals surface area contributed by atoms with E-state index in [1.54, 1.807) is 31.2 Å². The van der Waals surface area contributed by atoms with Crippen molar-refractivity contribution in [3.05, 3.63) is 65.2 Å². The largest absolute Gasteiger partial charge is 0.494 e. The molecule has 2 aromatic carbocycles. The van der Waals surface area contributed by atoms with Crippen LogP contribution in [0, 0.1) is 11.6 Å². The molecule has 0 bridgehead atoms. The van der Waals surface area contributed by atoms with Gasteiger partial charge in [0.15, 0.2) is 17.4 Å². The lowest BCUT2D eigenvalue weighted by Gasteiger charge is -2.14. The number of Topliss-reactive ketones (excluding diaryl/α,β-unsaturated/α-hetero) is 1.